The standard InChI is InChI=1S/C19H24FN5O2S2/c20-15-5-1-2-6-16(15)24-7-9-25(10-8-24)17(26)13-28-19-23-22-18(29-19)21-12-14-4-3-11-27-14/h1-2,5-6,14H,3-4,7-13H2,(H,21,22). The van der Waals surface area contributed by atoms with Crippen molar-refractivity contribution in [1.82, 2.24) is 15.1 Å². The zero-order valence-electron chi connectivity index (χ0n) is 16.1. The van der Waals surface area contributed by atoms with Gasteiger partial charge >= 0.3 is 0 Å². The number of benzene rings is 1. The first-order chi connectivity index (χ1) is 14.2. The Morgan fingerprint density at radius 1 is 1.28 bits per heavy atom. The molecule has 1 aromatic heterocycles. The lowest BCUT2D eigenvalue weighted by Crippen LogP contribution is -2.49. The van der Waals surface area contributed by atoms with Crippen LogP contribution in [0.25, 0.3) is 0 Å². The fourth-order valence-electron chi connectivity index (χ4n) is 3.47. The highest BCUT2D eigenvalue weighted by atomic mass is 32.2. The first-order valence-corrected chi connectivity index (χ1v) is 11.6. The van der Waals surface area contributed by atoms with Gasteiger partial charge in [0.15, 0.2) is 4.34 Å². The fourth-order valence-corrected chi connectivity index (χ4v) is 5.13. The van der Waals surface area contributed by atoms with E-state index in [0.29, 0.717) is 37.6 Å². The highest BCUT2D eigenvalue weighted by Gasteiger charge is 2.23. The molecule has 7 nitrogen and oxygen atoms in total. The molecule has 0 bridgehead atoms. The molecule has 1 unspecified atom stereocenters. The quantitative estimate of drug-likeness (QED) is 0.668. The molecular formula is C19H24FN5O2S2. The van der Waals surface area contributed by atoms with Crippen LogP contribution < -0.4 is 10.2 Å². The van der Waals surface area contributed by atoms with E-state index in [2.05, 4.69) is 15.5 Å². The summed E-state index contributed by atoms with van der Waals surface area (Å²) >= 11 is 2.87. The number of hydrogen-bond donors (Lipinski definition) is 1. The van der Waals surface area contributed by atoms with E-state index in [9.17, 15) is 9.18 Å². The lowest BCUT2D eigenvalue weighted by Gasteiger charge is -2.36. The van der Waals surface area contributed by atoms with Crippen LogP contribution in [-0.4, -0.2) is 72.2 Å². The van der Waals surface area contributed by atoms with Crippen molar-refractivity contribution in [3.63, 3.8) is 0 Å². The van der Waals surface area contributed by atoms with Crippen molar-refractivity contribution in [2.24, 2.45) is 0 Å². The Labute approximate surface area is 177 Å². The number of carbonyl (C=O) groups is 1. The molecule has 2 aromatic rings. The highest BCUT2D eigenvalue weighted by molar-refractivity contribution is 8.01. The zero-order valence-corrected chi connectivity index (χ0v) is 17.7. The Balaban J connectivity index is 1.20. The van der Waals surface area contributed by atoms with Gasteiger partial charge in [0.1, 0.15) is 5.82 Å². The van der Waals surface area contributed by atoms with Gasteiger partial charge in [-0.2, -0.15) is 0 Å². The molecule has 0 saturated carbocycles. The summed E-state index contributed by atoms with van der Waals surface area (Å²) in [6.45, 7) is 4.03. The number of nitrogens with one attached hydrogen (secondary N) is 1. The number of amides is 1. The van der Waals surface area contributed by atoms with E-state index < -0.39 is 0 Å². The molecule has 156 valence electrons. The average molecular weight is 438 g/mol. The van der Waals surface area contributed by atoms with Gasteiger partial charge in [0.05, 0.1) is 17.5 Å². The van der Waals surface area contributed by atoms with Gasteiger partial charge < -0.3 is 19.9 Å². The number of halogens is 1. The Bertz CT molecular complexity index is 822. The largest absolute Gasteiger partial charge is 0.376 e. The molecule has 1 aromatic carbocycles. The fraction of sp³-hybridized carbons (Fsp3) is 0.526. The minimum absolute atomic E-state index is 0.0762. The normalized spacial score (nSPS) is 19.6. The maximum absolute atomic E-state index is 13.9. The molecule has 2 aliphatic heterocycles. The number of anilines is 2. The van der Waals surface area contributed by atoms with Crippen LogP contribution in [0.2, 0.25) is 0 Å². The van der Waals surface area contributed by atoms with Crippen LogP contribution in [0.1, 0.15) is 12.8 Å². The van der Waals surface area contributed by atoms with Crippen LogP contribution in [0.15, 0.2) is 28.6 Å². The molecule has 2 saturated heterocycles. The number of thioether (sulfide) groups is 1. The second-order valence-electron chi connectivity index (χ2n) is 7.00. The van der Waals surface area contributed by atoms with Crippen LogP contribution >= 0.6 is 23.1 Å². The van der Waals surface area contributed by atoms with Crippen molar-refractivity contribution in [3.8, 4) is 0 Å². The summed E-state index contributed by atoms with van der Waals surface area (Å²) in [7, 11) is 0. The molecule has 0 aliphatic carbocycles. The van der Waals surface area contributed by atoms with Gasteiger partial charge in [-0.25, -0.2) is 4.39 Å². The maximum atomic E-state index is 13.9. The topological polar surface area (TPSA) is 70.6 Å². The number of carbonyl (C=O) groups excluding carboxylic acids is 1. The second-order valence-corrected chi connectivity index (χ2v) is 9.20. The first kappa shape index (κ1) is 20.4. The predicted octanol–water partition coefficient (Wildman–Crippen LogP) is 2.71. The summed E-state index contributed by atoms with van der Waals surface area (Å²) in [5, 5.41) is 12.3. The Morgan fingerprint density at radius 2 is 2.10 bits per heavy atom. The molecule has 3 heterocycles. The number of piperazine rings is 1. The third-order valence-corrected chi connectivity index (χ3v) is 7.06. The van der Waals surface area contributed by atoms with E-state index in [1.165, 1.54) is 29.2 Å². The third kappa shape index (κ3) is 5.37. The van der Waals surface area contributed by atoms with Crippen LogP contribution in [0.3, 0.4) is 0 Å². The van der Waals surface area contributed by atoms with Crippen LogP contribution in [-0.2, 0) is 9.53 Å². The number of para-hydroxylation sites is 1. The summed E-state index contributed by atoms with van der Waals surface area (Å²) in [5.74, 6) is 0.190. The molecule has 1 amide bonds. The summed E-state index contributed by atoms with van der Waals surface area (Å²) < 4.78 is 20.3. The number of hydrogen-bond acceptors (Lipinski definition) is 8. The minimum atomic E-state index is -0.219. The van der Waals surface area contributed by atoms with Crippen molar-refractivity contribution in [1.29, 1.82) is 0 Å². The van der Waals surface area contributed by atoms with E-state index in [0.717, 1.165) is 35.5 Å². The van der Waals surface area contributed by atoms with Crippen LogP contribution in [0, 0.1) is 5.82 Å². The Kier molecular flexibility index (Phi) is 6.83. The SMILES string of the molecule is O=C(CSc1nnc(NCC2CCCO2)s1)N1CCN(c2ccccc2F)CC1. The smallest absolute Gasteiger partial charge is 0.233 e. The monoisotopic (exact) mass is 437 g/mol. The van der Waals surface area contributed by atoms with E-state index in [1.54, 1.807) is 12.1 Å². The van der Waals surface area contributed by atoms with Gasteiger partial charge in [-0.05, 0) is 25.0 Å². The van der Waals surface area contributed by atoms with Crippen molar-refractivity contribution in [2.75, 3.05) is 55.3 Å². The first-order valence-electron chi connectivity index (χ1n) is 9.78. The number of nitrogens with zero attached hydrogens (tertiary/aromatic N) is 4. The van der Waals surface area contributed by atoms with E-state index in [1.807, 2.05) is 15.9 Å². The molecule has 2 fully saturated rings. The molecular weight excluding hydrogens is 413 g/mol. The van der Waals surface area contributed by atoms with Crippen molar-refractivity contribution in [2.45, 2.75) is 23.3 Å². The van der Waals surface area contributed by atoms with Gasteiger partial charge in [-0.15, -0.1) is 10.2 Å². The van der Waals surface area contributed by atoms with E-state index in [-0.39, 0.29) is 17.8 Å². The Hall–Kier alpha value is -1.91. The van der Waals surface area contributed by atoms with Crippen LogP contribution in [0.5, 0.6) is 0 Å². The van der Waals surface area contributed by atoms with Gasteiger partial charge in [0.25, 0.3) is 0 Å². The van der Waals surface area contributed by atoms with Gasteiger partial charge in [-0.1, -0.05) is 35.2 Å². The molecule has 10 heteroatoms. The highest BCUT2D eigenvalue weighted by Crippen LogP contribution is 2.26. The molecule has 1 atom stereocenters. The predicted molar refractivity (Wildman–Crippen MR) is 113 cm³/mol. The third-order valence-electron chi connectivity index (χ3n) is 5.06. The summed E-state index contributed by atoms with van der Waals surface area (Å²) in [5.41, 5.74) is 0.603. The minimum Gasteiger partial charge on any atom is -0.376 e. The molecule has 0 radical (unpaired) electrons. The second kappa shape index (κ2) is 9.73. The lowest BCUT2D eigenvalue weighted by atomic mass is 10.2. The average Bonchev–Trinajstić information content (AvgIpc) is 3.43. The number of ether oxygens (including phenoxy) is 1. The maximum Gasteiger partial charge on any atom is 0.233 e. The van der Waals surface area contributed by atoms with Gasteiger partial charge in [0, 0.05) is 39.3 Å². The molecule has 4 rings (SSSR count). The van der Waals surface area contributed by atoms with Gasteiger partial charge in [0.2, 0.25) is 11.0 Å². The van der Waals surface area contributed by atoms with Crippen LogP contribution in [0.4, 0.5) is 15.2 Å². The summed E-state index contributed by atoms with van der Waals surface area (Å²) in [6, 6.07) is 6.77. The molecule has 0 spiro atoms. The molecule has 1 N–H and O–H groups in total. The number of rotatable bonds is 7. The summed E-state index contributed by atoms with van der Waals surface area (Å²) in [6.07, 6.45) is 2.44. The van der Waals surface area contributed by atoms with Crippen molar-refractivity contribution >= 4 is 39.8 Å². The summed E-state index contributed by atoms with van der Waals surface area (Å²) in [4.78, 5) is 16.3. The molecule has 29 heavy (non-hydrogen) atoms. The van der Waals surface area contributed by atoms with Gasteiger partial charge in [-0.3, -0.25) is 4.79 Å². The number of aromatic nitrogens is 2. The van der Waals surface area contributed by atoms with Crippen molar-refractivity contribution in [3.05, 3.63) is 30.1 Å². The zero-order chi connectivity index (χ0) is 20.1. The Morgan fingerprint density at radius 3 is 2.86 bits per heavy atom. The molecule has 2 aliphatic rings. The van der Waals surface area contributed by atoms with Crippen molar-refractivity contribution < 1.29 is 13.9 Å². The van der Waals surface area contributed by atoms with E-state index >= 15 is 0 Å². The lowest BCUT2D eigenvalue weighted by molar-refractivity contribution is -0.128. The van der Waals surface area contributed by atoms with E-state index in [4.69, 9.17) is 4.74 Å².